The molecule has 9 heteroatoms. The summed E-state index contributed by atoms with van der Waals surface area (Å²) in [6.45, 7) is 3.24. The molecule has 2 heterocycles. The number of carbonyl (C=O) groups excluding carboxylic acids is 1. The van der Waals surface area contributed by atoms with E-state index in [4.69, 9.17) is 44.3 Å². The van der Waals surface area contributed by atoms with Crippen molar-refractivity contribution in [3.05, 3.63) is 56.8 Å². The minimum atomic E-state index is -0.407. The lowest BCUT2D eigenvalue weighted by atomic mass is 10.0. The molecule has 1 saturated heterocycles. The van der Waals surface area contributed by atoms with Crippen molar-refractivity contribution in [1.82, 2.24) is 15.2 Å². The third-order valence-electron chi connectivity index (χ3n) is 4.58. The van der Waals surface area contributed by atoms with Gasteiger partial charge in [0, 0.05) is 25.8 Å². The van der Waals surface area contributed by atoms with Crippen molar-refractivity contribution in [2.24, 2.45) is 0 Å². The van der Waals surface area contributed by atoms with Crippen LogP contribution in [0.4, 0.5) is 0 Å². The van der Waals surface area contributed by atoms with Gasteiger partial charge >= 0.3 is 0 Å². The van der Waals surface area contributed by atoms with Crippen molar-refractivity contribution in [3.8, 4) is 5.75 Å². The maximum atomic E-state index is 12.6. The topological polar surface area (TPSA) is 63.7 Å². The summed E-state index contributed by atoms with van der Waals surface area (Å²) in [5.41, 5.74) is 1.11. The number of halogens is 3. The average Bonchev–Trinajstić information content (AvgIpc) is 2.73. The second-order valence-electron chi connectivity index (χ2n) is 6.23. The van der Waals surface area contributed by atoms with Gasteiger partial charge in [-0.05, 0) is 17.7 Å². The van der Waals surface area contributed by atoms with Crippen LogP contribution in [0.15, 0.2) is 30.5 Å². The summed E-state index contributed by atoms with van der Waals surface area (Å²) in [6, 6.07) is 7.77. The van der Waals surface area contributed by atoms with E-state index in [0.29, 0.717) is 19.8 Å². The molecule has 1 atom stereocenters. The number of morpholine rings is 1. The van der Waals surface area contributed by atoms with Crippen LogP contribution in [0.5, 0.6) is 5.75 Å². The number of carbonyl (C=O) groups is 1. The molecule has 0 bridgehead atoms. The zero-order chi connectivity index (χ0) is 20.1. The number of amides is 1. The van der Waals surface area contributed by atoms with Gasteiger partial charge in [-0.3, -0.25) is 9.69 Å². The van der Waals surface area contributed by atoms with Crippen LogP contribution in [0.1, 0.15) is 22.1 Å². The molecule has 28 heavy (non-hydrogen) atoms. The molecule has 1 N–H and O–H groups in total. The number of hydrogen-bond donors (Lipinski definition) is 1. The zero-order valence-electron chi connectivity index (χ0n) is 15.3. The Morgan fingerprint density at radius 2 is 1.89 bits per heavy atom. The maximum absolute atomic E-state index is 12.6. The molecule has 0 saturated carbocycles. The third-order valence-corrected chi connectivity index (χ3v) is 5.82. The Morgan fingerprint density at radius 1 is 1.21 bits per heavy atom. The molecular weight excluding hydrogens is 425 g/mol. The number of aromatic nitrogens is 1. The van der Waals surface area contributed by atoms with Crippen LogP contribution in [0, 0.1) is 0 Å². The molecule has 0 radical (unpaired) electrons. The van der Waals surface area contributed by atoms with Crippen LogP contribution < -0.4 is 10.1 Å². The standard InChI is InChI=1S/C19H20Cl3N3O3/c1-27-13-4-2-12(3-5-13)15(25-6-8-28-9-7-25)11-24-19(26)18-17(22)16(21)14(20)10-23-18/h2-5,10,15H,6-9,11H2,1H3,(H,24,26)/t15-/m1/s1. The molecule has 1 fully saturated rings. The largest absolute Gasteiger partial charge is 0.497 e. The van der Waals surface area contributed by atoms with Gasteiger partial charge < -0.3 is 14.8 Å². The lowest BCUT2D eigenvalue weighted by molar-refractivity contribution is 0.0162. The molecule has 1 aliphatic heterocycles. The van der Waals surface area contributed by atoms with E-state index in [1.54, 1.807) is 7.11 Å². The first-order valence-corrected chi connectivity index (χ1v) is 9.88. The normalized spacial score (nSPS) is 15.9. The Morgan fingerprint density at radius 3 is 2.54 bits per heavy atom. The molecule has 3 rings (SSSR count). The van der Waals surface area contributed by atoms with Crippen molar-refractivity contribution in [2.75, 3.05) is 40.0 Å². The summed E-state index contributed by atoms with van der Waals surface area (Å²) in [7, 11) is 1.63. The van der Waals surface area contributed by atoms with Crippen LogP contribution in [0.2, 0.25) is 15.1 Å². The molecule has 150 valence electrons. The quantitative estimate of drug-likeness (QED) is 0.733. The van der Waals surface area contributed by atoms with Gasteiger partial charge in [0.15, 0.2) is 0 Å². The van der Waals surface area contributed by atoms with Crippen molar-refractivity contribution >= 4 is 40.7 Å². The van der Waals surface area contributed by atoms with Gasteiger partial charge in [0.2, 0.25) is 0 Å². The summed E-state index contributed by atoms with van der Waals surface area (Å²) in [4.78, 5) is 18.9. The lowest BCUT2D eigenvalue weighted by Gasteiger charge is -2.35. The average molecular weight is 445 g/mol. The number of ether oxygens (including phenoxy) is 2. The molecule has 2 aromatic rings. The minimum Gasteiger partial charge on any atom is -0.497 e. The van der Waals surface area contributed by atoms with E-state index >= 15 is 0 Å². The third kappa shape index (κ3) is 4.88. The molecule has 1 aliphatic rings. The molecule has 1 aromatic heterocycles. The fourth-order valence-electron chi connectivity index (χ4n) is 3.05. The number of nitrogens with one attached hydrogen (secondary N) is 1. The van der Waals surface area contributed by atoms with Gasteiger partial charge in [-0.15, -0.1) is 0 Å². The number of rotatable bonds is 6. The van der Waals surface area contributed by atoms with Crippen molar-refractivity contribution < 1.29 is 14.3 Å². The number of nitrogens with zero attached hydrogens (tertiary/aromatic N) is 2. The minimum absolute atomic E-state index is 0.0275. The highest BCUT2D eigenvalue weighted by Crippen LogP contribution is 2.31. The smallest absolute Gasteiger partial charge is 0.271 e. The number of hydrogen-bond acceptors (Lipinski definition) is 5. The predicted octanol–water partition coefficient (Wildman–Crippen LogP) is 3.85. The zero-order valence-corrected chi connectivity index (χ0v) is 17.5. The first-order chi connectivity index (χ1) is 13.5. The number of pyridine rings is 1. The highest BCUT2D eigenvalue weighted by atomic mass is 35.5. The van der Waals surface area contributed by atoms with E-state index in [2.05, 4.69) is 15.2 Å². The van der Waals surface area contributed by atoms with E-state index in [-0.39, 0.29) is 26.8 Å². The number of methoxy groups -OCH3 is 1. The first-order valence-electron chi connectivity index (χ1n) is 8.74. The van der Waals surface area contributed by atoms with Crippen LogP contribution >= 0.6 is 34.8 Å². The number of benzene rings is 1. The van der Waals surface area contributed by atoms with E-state index in [1.807, 2.05) is 24.3 Å². The van der Waals surface area contributed by atoms with Gasteiger partial charge in [-0.2, -0.15) is 0 Å². The highest BCUT2D eigenvalue weighted by molar-refractivity contribution is 6.48. The second kappa shape index (κ2) is 9.76. The Balaban J connectivity index is 1.77. The predicted molar refractivity (Wildman–Crippen MR) is 110 cm³/mol. The summed E-state index contributed by atoms with van der Waals surface area (Å²) in [6.07, 6.45) is 1.31. The van der Waals surface area contributed by atoms with Gasteiger partial charge in [-0.25, -0.2) is 4.98 Å². The van der Waals surface area contributed by atoms with E-state index in [1.165, 1.54) is 6.20 Å². The van der Waals surface area contributed by atoms with E-state index in [9.17, 15) is 4.79 Å². The molecule has 0 aliphatic carbocycles. The first kappa shape index (κ1) is 21.1. The monoisotopic (exact) mass is 443 g/mol. The van der Waals surface area contributed by atoms with Crippen LogP contribution in [0.25, 0.3) is 0 Å². The van der Waals surface area contributed by atoms with Crippen molar-refractivity contribution in [1.29, 1.82) is 0 Å². The summed E-state index contributed by atoms with van der Waals surface area (Å²) < 4.78 is 10.7. The fourth-order valence-corrected chi connectivity index (χ4v) is 3.61. The molecular formula is C19H20Cl3N3O3. The second-order valence-corrected chi connectivity index (χ2v) is 7.39. The SMILES string of the molecule is COc1ccc([C@@H](CNC(=O)c2ncc(Cl)c(Cl)c2Cl)N2CCOCC2)cc1. The van der Waals surface area contributed by atoms with Gasteiger partial charge in [0.25, 0.3) is 5.91 Å². The van der Waals surface area contributed by atoms with Gasteiger partial charge in [0.05, 0.1) is 41.4 Å². The Bertz CT molecular complexity index is 827. The van der Waals surface area contributed by atoms with Gasteiger partial charge in [0.1, 0.15) is 11.4 Å². The lowest BCUT2D eigenvalue weighted by Crippen LogP contribution is -2.44. The van der Waals surface area contributed by atoms with Crippen molar-refractivity contribution in [3.63, 3.8) is 0 Å². The Kier molecular flexibility index (Phi) is 7.37. The van der Waals surface area contributed by atoms with Crippen LogP contribution in [-0.2, 0) is 4.74 Å². The Hall–Kier alpha value is -1.57. The molecule has 1 amide bonds. The Labute approximate surface area is 178 Å². The van der Waals surface area contributed by atoms with Crippen LogP contribution in [0.3, 0.4) is 0 Å². The van der Waals surface area contributed by atoms with E-state index < -0.39 is 5.91 Å². The van der Waals surface area contributed by atoms with Crippen LogP contribution in [-0.4, -0.2) is 55.7 Å². The summed E-state index contributed by atoms with van der Waals surface area (Å²) in [5, 5.41) is 3.27. The molecule has 0 spiro atoms. The summed E-state index contributed by atoms with van der Waals surface area (Å²) in [5.74, 6) is 0.371. The molecule has 6 nitrogen and oxygen atoms in total. The van der Waals surface area contributed by atoms with Crippen molar-refractivity contribution in [2.45, 2.75) is 6.04 Å². The van der Waals surface area contributed by atoms with E-state index in [0.717, 1.165) is 24.4 Å². The maximum Gasteiger partial charge on any atom is 0.271 e. The molecule has 1 aromatic carbocycles. The van der Waals surface area contributed by atoms with Gasteiger partial charge in [-0.1, -0.05) is 46.9 Å². The highest BCUT2D eigenvalue weighted by Gasteiger charge is 2.24. The molecule has 0 unspecified atom stereocenters. The summed E-state index contributed by atoms with van der Waals surface area (Å²) >= 11 is 18.0. The fraction of sp³-hybridized carbons (Fsp3) is 0.368.